The minimum atomic E-state index is -5.04. The number of alkyl halides is 6. The Bertz CT molecular complexity index is 953. The SMILES string of the molecule is Cc1cc(C(C)(C)C)c(O)c(C(=O)Nc2cc(C(F)(F)F)cc(C(F)(F)F)c2)c1C. The van der Waals surface area contributed by atoms with Crippen molar-refractivity contribution in [3.63, 3.8) is 0 Å². The van der Waals surface area contributed by atoms with Gasteiger partial charge in [0.2, 0.25) is 0 Å². The standard InChI is InChI=1S/C21H21F6NO2/c1-10-6-15(19(3,4)5)17(29)16(11(10)2)18(30)28-14-8-12(20(22,23)24)7-13(9-14)21(25,26)27/h6-9,29H,1-5H3,(H,28,30). The first-order chi connectivity index (χ1) is 13.4. The van der Waals surface area contributed by atoms with E-state index in [4.69, 9.17) is 0 Å². The topological polar surface area (TPSA) is 49.3 Å². The zero-order valence-electron chi connectivity index (χ0n) is 16.9. The number of anilines is 1. The highest BCUT2D eigenvalue weighted by Crippen LogP contribution is 2.39. The van der Waals surface area contributed by atoms with Crippen LogP contribution in [0.5, 0.6) is 5.75 Å². The fraction of sp³-hybridized carbons (Fsp3) is 0.381. The number of hydrogen-bond donors (Lipinski definition) is 2. The number of phenols is 1. The van der Waals surface area contributed by atoms with Gasteiger partial charge in [0.1, 0.15) is 5.75 Å². The maximum absolute atomic E-state index is 13.0. The second kappa shape index (κ2) is 7.52. The largest absolute Gasteiger partial charge is 0.507 e. The number of amides is 1. The maximum atomic E-state index is 13.0. The highest BCUT2D eigenvalue weighted by molar-refractivity contribution is 6.07. The molecule has 0 aromatic heterocycles. The van der Waals surface area contributed by atoms with E-state index < -0.39 is 40.5 Å². The summed E-state index contributed by atoms with van der Waals surface area (Å²) in [6.45, 7) is 8.60. The average Bonchev–Trinajstić information content (AvgIpc) is 2.55. The molecule has 0 bridgehead atoms. The Hall–Kier alpha value is -2.71. The molecule has 0 spiro atoms. The minimum absolute atomic E-state index is 0.0250. The molecule has 0 aliphatic rings. The van der Waals surface area contributed by atoms with E-state index in [-0.39, 0.29) is 17.4 Å². The molecule has 0 unspecified atom stereocenters. The summed E-state index contributed by atoms with van der Waals surface area (Å²) < 4.78 is 78.2. The van der Waals surface area contributed by atoms with Crippen LogP contribution in [-0.4, -0.2) is 11.0 Å². The molecule has 3 nitrogen and oxygen atoms in total. The van der Waals surface area contributed by atoms with Gasteiger partial charge in [0.25, 0.3) is 5.91 Å². The van der Waals surface area contributed by atoms with Crippen LogP contribution in [0.4, 0.5) is 32.0 Å². The van der Waals surface area contributed by atoms with Crippen LogP contribution in [0.15, 0.2) is 24.3 Å². The first-order valence-electron chi connectivity index (χ1n) is 8.87. The Labute approximate surface area is 169 Å². The monoisotopic (exact) mass is 433 g/mol. The normalized spacial score (nSPS) is 12.8. The summed E-state index contributed by atoms with van der Waals surface area (Å²) >= 11 is 0. The van der Waals surface area contributed by atoms with E-state index in [1.165, 1.54) is 6.92 Å². The van der Waals surface area contributed by atoms with Gasteiger partial charge in [-0.1, -0.05) is 26.8 Å². The lowest BCUT2D eigenvalue weighted by Crippen LogP contribution is -2.19. The summed E-state index contributed by atoms with van der Waals surface area (Å²) in [5, 5.41) is 12.7. The van der Waals surface area contributed by atoms with Crippen LogP contribution in [0.2, 0.25) is 0 Å². The van der Waals surface area contributed by atoms with Crippen molar-refractivity contribution < 1.29 is 36.2 Å². The predicted molar refractivity (Wildman–Crippen MR) is 101 cm³/mol. The molecule has 2 aromatic carbocycles. The number of benzene rings is 2. The van der Waals surface area contributed by atoms with Crippen molar-refractivity contribution >= 4 is 11.6 Å². The maximum Gasteiger partial charge on any atom is 0.416 e. The second-order valence-corrected chi connectivity index (χ2v) is 8.09. The summed E-state index contributed by atoms with van der Waals surface area (Å²) in [5.74, 6) is -1.38. The van der Waals surface area contributed by atoms with Gasteiger partial charge in [-0.25, -0.2) is 0 Å². The minimum Gasteiger partial charge on any atom is -0.507 e. The molecule has 0 saturated carbocycles. The van der Waals surface area contributed by atoms with E-state index in [2.05, 4.69) is 5.32 Å². The van der Waals surface area contributed by atoms with Crippen LogP contribution < -0.4 is 5.32 Å². The molecule has 0 fully saturated rings. The predicted octanol–water partition coefficient (Wildman–Crippen LogP) is 6.60. The molecule has 2 rings (SSSR count). The van der Waals surface area contributed by atoms with E-state index in [1.54, 1.807) is 33.8 Å². The van der Waals surface area contributed by atoms with Crippen molar-refractivity contribution in [2.45, 2.75) is 52.4 Å². The van der Waals surface area contributed by atoms with Gasteiger partial charge < -0.3 is 10.4 Å². The Morgan fingerprint density at radius 2 is 1.33 bits per heavy atom. The number of aromatic hydroxyl groups is 1. The molecule has 0 heterocycles. The van der Waals surface area contributed by atoms with Crippen molar-refractivity contribution in [2.75, 3.05) is 5.32 Å². The van der Waals surface area contributed by atoms with Gasteiger partial charge in [-0.15, -0.1) is 0 Å². The van der Waals surface area contributed by atoms with Crippen LogP contribution in [0, 0.1) is 13.8 Å². The fourth-order valence-corrected chi connectivity index (χ4v) is 2.97. The molecule has 2 aromatic rings. The molecule has 1 amide bonds. The molecule has 0 saturated heterocycles. The average molecular weight is 433 g/mol. The van der Waals surface area contributed by atoms with Crippen LogP contribution in [0.25, 0.3) is 0 Å². The Kier molecular flexibility index (Phi) is 5.91. The number of carbonyl (C=O) groups excluding carboxylic acids is 1. The summed E-state index contributed by atoms with van der Waals surface area (Å²) in [6.07, 6.45) is -10.1. The molecule has 0 aliphatic heterocycles. The zero-order valence-corrected chi connectivity index (χ0v) is 16.9. The third-order valence-corrected chi connectivity index (χ3v) is 4.70. The number of phenolic OH excluding ortho intramolecular Hbond substituents is 1. The van der Waals surface area contributed by atoms with Gasteiger partial charge >= 0.3 is 12.4 Å². The van der Waals surface area contributed by atoms with E-state index in [0.717, 1.165) is 0 Å². The van der Waals surface area contributed by atoms with Crippen LogP contribution in [-0.2, 0) is 17.8 Å². The smallest absolute Gasteiger partial charge is 0.416 e. The number of aryl methyl sites for hydroxylation is 1. The first-order valence-corrected chi connectivity index (χ1v) is 8.87. The molecule has 0 radical (unpaired) electrons. The van der Waals surface area contributed by atoms with Crippen LogP contribution in [0.3, 0.4) is 0 Å². The van der Waals surface area contributed by atoms with Gasteiger partial charge in [0, 0.05) is 11.3 Å². The second-order valence-electron chi connectivity index (χ2n) is 8.09. The molecule has 9 heteroatoms. The quantitative estimate of drug-likeness (QED) is 0.525. The summed E-state index contributed by atoms with van der Waals surface area (Å²) in [6, 6.07) is 2.50. The number of carbonyl (C=O) groups is 1. The lowest BCUT2D eigenvalue weighted by atomic mass is 9.82. The van der Waals surface area contributed by atoms with Gasteiger partial charge in [0.15, 0.2) is 0 Å². The Balaban J connectivity index is 2.60. The molecule has 164 valence electrons. The van der Waals surface area contributed by atoms with Gasteiger partial charge in [-0.2, -0.15) is 26.3 Å². The number of hydrogen-bond acceptors (Lipinski definition) is 2. The van der Waals surface area contributed by atoms with Crippen molar-refractivity contribution in [3.05, 3.63) is 57.6 Å². The van der Waals surface area contributed by atoms with Crippen LogP contribution >= 0.6 is 0 Å². The molecule has 0 aliphatic carbocycles. The summed E-state index contributed by atoms with van der Waals surface area (Å²) in [5.41, 5.74) is -3.11. The molecule has 0 atom stereocenters. The number of rotatable bonds is 2. The highest BCUT2D eigenvalue weighted by atomic mass is 19.4. The lowest BCUT2D eigenvalue weighted by Gasteiger charge is -2.24. The van der Waals surface area contributed by atoms with Crippen LogP contribution in [0.1, 0.15) is 58.9 Å². The van der Waals surface area contributed by atoms with E-state index in [1.807, 2.05) is 0 Å². The van der Waals surface area contributed by atoms with Crippen molar-refractivity contribution in [3.8, 4) is 5.75 Å². The van der Waals surface area contributed by atoms with Gasteiger partial charge in [-0.3, -0.25) is 4.79 Å². The third-order valence-electron chi connectivity index (χ3n) is 4.70. The number of nitrogens with one attached hydrogen (secondary N) is 1. The number of halogens is 6. The lowest BCUT2D eigenvalue weighted by molar-refractivity contribution is -0.143. The van der Waals surface area contributed by atoms with Crippen molar-refractivity contribution in [1.29, 1.82) is 0 Å². The molecule has 30 heavy (non-hydrogen) atoms. The Morgan fingerprint density at radius 3 is 1.73 bits per heavy atom. The van der Waals surface area contributed by atoms with Crippen molar-refractivity contribution in [2.24, 2.45) is 0 Å². The molecular weight excluding hydrogens is 412 g/mol. The Morgan fingerprint density at radius 1 is 0.867 bits per heavy atom. The zero-order chi connectivity index (χ0) is 23.2. The molecular formula is C21H21F6NO2. The van der Waals surface area contributed by atoms with Gasteiger partial charge in [-0.05, 0) is 48.6 Å². The fourth-order valence-electron chi connectivity index (χ4n) is 2.97. The van der Waals surface area contributed by atoms with Gasteiger partial charge in [0.05, 0.1) is 16.7 Å². The third kappa shape index (κ3) is 4.88. The highest BCUT2D eigenvalue weighted by Gasteiger charge is 2.37. The van der Waals surface area contributed by atoms with E-state index in [9.17, 15) is 36.2 Å². The molecule has 2 N–H and O–H groups in total. The summed E-state index contributed by atoms with van der Waals surface area (Å²) in [4.78, 5) is 12.8. The van der Waals surface area contributed by atoms with E-state index in [0.29, 0.717) is 28.8 Å². The first kappa shape index (κ1) is 23.6. The van der Waals surface area contributed by atoms with Crippen molar-refractivity contribution in [1.82, 2.24) is 0 Å². The van der Waals surface area contributed by atoms with E-state index >= 15 is 0 Å². The summed E-state index contributed by atoms with van der Waals surface area (Å²) in [7, 11) is 0.